The number of rotatable bonds is 7. The van der Waals surface area contributed by atoms with E-state index in [0.29, 0.717) is 6.54 Å². The normalized spacial score (nSPS) is 21.6. The van der Waals surface area contributed by atoms with Crippen LogP contribution in [0.5, 0.6) is 0 Å². The van der Waals surface area contributed by atoms with Crippen LogP contribution in [0.3, 0.4) is 0 Å². The van der Waals surface area contributed by atoms with Crippen molar-refractivity contribution in [3.63, 3.8) is 0 Å². The fraction of sp³-hybridized carbons (Fsp3) is 0.381. The summed E-state index contributed by atoms with van der Waals surface area (Å²) in [6.07, 6.45) is 4.47. The summed E-state index contributed by atoms with van der Waals surface area (Å²) in [7, 11) is 0. The van der Waals surface area contributed by atoms with Crippen molar-refractivity contribution < 1.29 is 14.6 Å². The molecule has 0 spiro atoms. The largest absolute Gasteiger partial charge is 0.346 e. The van der Waals surface area contributed by atoms with Gasteiger partial charge in [0.05, 0.1) is 13.1 Å². The summed E-state index contributed by atoms with van der Waals surface area (Å²) in [6, 6.07) is 14.6. The number of thiophene rings is 1. The molecule has 2 heterocycles. The van der Waals surface area contributed by atoms with Crippen molar-refractivity contribution in [3.05, 3.63) is 64.4 Å². The second kappa shape index (κ2) is 9.67. The molecular formula is C21H29N3OS+2. The third kappa shape index (κ3) is 5.53. The zero-order chi connectivity index (χ0) is 18.2. The highest BCUT2D eigenvalue weighted by Gasteiger charge is 2.30. The molecule has 3 N–H and O–H groups in total. The zero-order valence-electron chi connectivity index (χ0n) is 15.4. The molecule has 0 unspecified atom stereocenters. The topological polar surface area (TPSA) is 38.0 Å². The van der Waals surface area contributed by atoms with E-state index in [0.717, 1.165) is 32.7 Å². The number of quaternary nitrogens is 2. The fourth-order valence-corrected chi connectivity index (χ4v) is 4.06. The molecule has 0 saturated carbocycles. The zero-order valence-corrected chi connectivity index (χ0v) is 16.2. The summed E-state index contributed by atoms with van der Waals surface area (Å²) in [4.78, 5) is 16.6. The molecule has 1 aliphatic rings. The lowest BCUT2D eigenvalue weighted by molar-refractivity contribution is -1.02. The molecular weight excluding hydrogens is 342 g/mol. The van der Waals surface area contributed by atoms with Crippen molar-refractivity contribution in [2.75, 3.05) is 32.7 Å². The van der Waals surface area contributed by atoms with Gasteiger partial charge in [0.25, 0.3) is 5.91 Å². The van der Waals surface area contributed by atoms with Crippen molar-refractivity contribution in [3.8, 4) is 0 Å². The molecule has 1 saturated heterocycles. The summed E-state index contributed by atoms with van der Waals surface area (Å²) >= 11 is 1.69. The smallest absolute Gasteiger partial charge is 0.278 e. The van der Waals surface area contributed by atoms with Gasteiger partial charge in [0.15, 0.2) is 6.04 Å². The summed E-state index contributed by atoms with van der Waals surface area (Å²) in [5, 5.41) is 5.12. The Hall–Kier alpha value is -1.95. The monoisotopic (exact) mass is 371 g/mol. The Kier molecular flexibility index (Phi) is 7.00. The quantitative estimate of drug-likeness (QED) is 0.641. The Balaban J connectivity index is 1.38. The van der Waals surface area contributed by atoms with E-state index in [1.165, 1.54) is 15.3 Å². The maximum absolute atomic E-state index is 12.4. The molecule has 0 radical (unpaired) electrons. The first-order chi connectivity index (χ1) is 12.7. The van der Waals surface area contributed by atoms with Crippen LogP contribution in [0.2, 0.25) is 0 Å². The predicted octanol–water partition coefficient (Wildman–Crippen LogP) is 0.250. The van der Waals surface area contributed by atoms with Gasteiger partial charge in [0.2, 0.25) is 0 Å². The molecule has 1 aromatic heterocycles. The number of carbonyl (C=O) groups excluding carboxylic acids is 1. The lowest BCUT2D eigenvalue weighted by atomic mass is 10.2. The highest BCUT2D eigenvalue weighted by Crippen LogP contribution is 2.07. The van der Waals surface area contributed by atoms with Gasteiger partial charge >= 0.3 is 0 Å². The number of nitrogens with one attached hydrogen (secondary N) is 3. The minimum absolute atomic E-state index is 0.0244. The first-order valence-corrected chi connectivity index (χ1v) is 10.3. The van der Waals surface area contributed by atoms with Gasteiger partial charge in [0, 0.05) is 4.88 Å². The van der Waals surface area contributed by atoms with Gasteiger partial charge in [-0.25, -0.2) is 0 Å². The van der Waals surface area contributed by atoms with Crippen LogP contribution in [0, 0.1) is 0 Å². The number of carbonyl (C=O) groups is 1. The van der Waals surface area contributed by atoms with Crippen LogP contribution >= 0.6 is 11.3 Å². The summed E-state index contributed by atoms with van der Waals surface area (Å²) < 4.78 is 0. The van der Waals surface area contributed by atoms with Crippen LogP contribution in [0.25, 0.3) is 6.08 Å². The van der Waals surface area contributed by atoms with E-state index in [9.17, 15) is 4.79 Å². The maximum atomic E-state index is 12.4. The Morgan fingerprint density at radius 2 is 1.92 bits per heavy atom. The molecule has 1 aromatic carbocycles. The highest BCUT2D eigenvalue weighted by molar-refractivity contribution is 7.09. The molecule has 138 valence electrons. The van der Waals surface area contributed by atoms with Crippen molar-refractivity contribution in [2.24, 2.45) is 0 Å². The minimum atomic E-state index is 0.0244. The van der Waals surface area contributed by atoms with E-state index in [1.54, 1.807) is 16.2 Å². The molecule has 2 aromatic rings. The molecule has 1 amide bonds. The Morgan fingerprint density at radius 1 is 1.15 bits per heavy atom. The van der Waals surface area contributed by atoms with Crippen LogP contribution in [0.1, 0.15) is 17.4 Å². The van der Waals surface area contributed by atoms with Crippen LogP contribution in [0.15, 0.2) is 53.9 Å². The van der Waals surface area contributed by atoms with Gasteiger partial charge in [-0.2, -0.15) is 0 Å². The number of amides is 1. The van der Waals surface area contributed by atoms with E-state index in [4.69, 9.17) is 0 Å². The SMILES string of the molecule is C[C@@H](C(=O)NCc1cccs1)[NH+]1CC[NH+](C/C=C/c2ccccc2)CC1. The van der Waals surface area contributed by atoms with E-state index in [2.05, 4.69) is 54.7 Å². The summed E-state index contributed by atoms with van der Waals surface area (Å²) in [5.41, 5.74) is 1.26. The van der Waals surface area contributed by atoms with E-state index in [1.807, 2.05) is 17.5 Å². The van der Waals surface area contributed by atoms with Gasteiger partial charge in [-0.05, 0) is 30.0 Å². The van der Waals surface area contributed by atoms with Gasteiger partial charge < -0.3 is 15.1 Å². The number of hydrogen-bond donors (Lipinski definition) is 3. The van der Waals surface area contributed by atoms with E-state index < -0.39 is 0 Å². The van der Waals surface area contributed by atoms with Crippen LogP contribution in [0.4, 0.5) is 0 Å². The predicted molar refractivity (Wildman–Crippen MR) is 107 cm³/mol. The Labute approximate surface area is 160 Å². The fourth-order valence-electron chi connectivity index (χ4n) is 3.41. The lowest BCUT2D eigenvalue weighted by Crippen LogP contribution is -3.30. The molecule has 1 aliphatic heterocycles. The van der Waals surface area contributed by atoms with Crippen molar-refractivity contribution in [1.29, 1.82) is 0 Å². The molecule has 3 rings (SSSR count). The first kappa shape index (κ1) is 18.8. The third-order valence-corrected chi connectivity index (χ3v) is 6.01. The minimum Gasteiger partial charge on any atom is -0.346 e. The standard InChI is InChI=1S/C21H27N3OS/c1-18(21(25)22-17-20-10-6-16-26-20)24-14-12-23(13-15-24)11-5-9-19-7-3-2-4-8-19/h2-10,16,18H,11-15,17H2,1H3,(H,22,25)/p+2/b9-5+/t18-/m0/s1. The highest BCUT2D eigenvalue weighted by atomic mass is 32.1. The molecule has 0 bridgehead atoms. The van der Waals surface area contributed by atoms with Gasteiger partial charge in [-0.1, -0.05) is 42.5 Å². The summed E-state index contributed by atoms with van der Waals surface area (Å²) in [6.45, 7) is 8.12. The van der Waals surface area contributed by atoms with E-state index in [-0.39, 0.29) is 11.9 Å². The first-order valence-electron chi connectivity index (χ1n) is 9.42. The molecule has 5 heteroatoms. The van der Waals surface area contributed by atoms with E-state index >= 15 is 0 Å². The average Bonchev–Trinajstić information content (AvgIpc) is 3.20. The van der Waals surface area contributed by atoms with Crippen molar-refractivity contribution in [2.45, 2.75) is 19.5 Å². The molecule has 1 fully saturated rings. The Morgan fingerprint density at radius 3 is 2.62 bits per heavy atom. The third-order valence-electron chi connectivity index (χ3n) is 5.14. The van der Waals surface area contributed by atoms with Gasteiger partial charge in [-0.15, -0.1) is 11.3 Å². The number of benzene rings is 1. The van der Waals surface area contributed by atoms with Crippen molar-refractivity contribution >= 4 is 23.3 Å². The van der Waals surface area contributed by atoms with Crippen LogP contribution in [-0.2, 0) is 11.3 Å². The molecule has 26 heavy (non-hydrogen) atoms. The second-order valence-electron chi connectivity index (χ2n) is 6.94. The molecule has 4 nitrogen and oxygen atoms in total. The van der Waals surface area contributed by atoms with Crippen LogP contribution < -0.4 is 15.1 Å². The number of hydrogen-bond acceptors (Lipinski definition) is 2. The molecule has 1 atom stereocenters. The van der Waals surface area contributed by atoms with Crippen LogP contribution in [-0.4, -0.2) is 44.7 Å². The Bertz CT molecular complexity index is 691. The molecule has 0 aliphatic carbocycles. The maximum Gasteiger partial charge on any atom is 0.278 e. The lowest BCUT2D eigenvalue weighted by Gasteiger charge is -2.32. The van der Waals surface area contributed by atoms with Gasteiger partial charge in [-0.3, -0.25) is 4.79 Å². The second-order valence-corrected chi connectivity index (χ2v) is 7.98. The average molecular weight is 372 g/mol. The number of piperazine rings is 1. The summed E-state index contributed by atoms with van der Waals surface area (Å²) in [5.74, 6) is 0.167. The van der Waals surface area contributed by atoms with Crippen molar-refractivity contribution in [1.82, 2.24) is 5.32 Å². The van der Waals surface area contributed by atoms with Gasteiger partial charge in [0.1, 0.15) is 26.2 Å².